The average Bonchev–Trinajstić information content (AvgIpc) is 2.97. The van der Waals surface area contributed by atoms with E-state index in [0.29, 0.717) is 13.1 Å². The van der Waals surface area contributed by atoms with Crippen LogP contribution in [0.5, 0.6) is 0 Å². The van der Waals surface area contributed by atoms with Crippen LogP contribution in [0.1, 0.15) is 22.7 Å². The van der Waals surface area contributed by atoms with Gasteiger partial charge in [0.15, 0.2) is 0 Å². The van der Waals surface area contributed by atoms with Gasteiger partial charge in [-0.2, -0.15) is 0 Å². The number of carbonyl (C=O) groups is 1. The lowest BCUT2D eigenvalue weighted by atomic mass is 10.1. The number of hydrogen-bond donors (Lipinski definition) is 1. The molecule has 0 bridgehead atoms. The van der Waals surface area contributed by atoms with Gasteiger partial charge in [-0.1, -0.05) is 0 Å². The van der Waals surface area contributed by atoms with Crippen molar-refractivity contribution in [3.05, 3.63) is 16.1 Å². The van der Waals surface area contributed by atoms with Crippen molar-refractivity contribution in [1.82, 2.24) is 9.88 Å². The maximum atomic E-state index is 12.1. The van der Waals surface area contributed by atoms with Crippen LogP contribution in [-0.2, 0) is 11.3 Å². The highest BCUT2D eigenvalue weighted by Gasteiger charge is 2.49. The summed E-state index contributed by atoms with van der Waals surface area (Å²) in [6.07, 6.45) is 3.72. The number of nitrogens with zero attached hydrogens (tertiary/aromatic N) is 2. The summed E-state index contributed by atoms with van der Waals surface area (Å²) in [4.78, 5) is 19.2. The van der Waals surface area contributed by atoms with Crippen LogP contribution in [0.15, 0.2) is 6.20 Å². The maximum absolute atomic E-state index is 12.1. The summed E-state index contributed by atoms with van der Waals surface area (Å²) in [7, 11) is 1.84. The van der Waals surface area contributed by atoms with Gasteiger partial charge in [0.25, 0.3) is 0 Å². The Labute approximate surface area is 99.5 Å². The summed E-state index contributed by atoms with van der Waals surface area (Å²) in [5, 5.41) is 1.04. The van der Waals surface area contributed by atoms with E-state index in [1.54, 1.807) is 16.2 Å². The van der Waals surface area contributed by atoms with Crippen molar-refractivity contribution in [2.24, 2.45) is 11.1 Å². The van der Waals surface area contributed by atoms with Crippen molar-refractivity contribution in [2.75, 3.05) is 13.6 Å². The number of amides is 1. The van der Waals surface area contributed by atoms with E-state index in [2.05, 4.69) is 4.98 Å². The average molecular weight is 239 g/mol. The summed E-state index contributed by atoms with van der Waals surface area (Å²) in [6.45, 7) is 3.09. The molecule has 0 aromatic carbocycles. The molecular formula is C11H17N3OS. The molecule has 16 heavy (non-hydrogen) atoms. The lowest BCUT2D eigenvalue weighted by Crippen LogP contribution is -2.37. The molecule has 1 heterocycles. The molecule has 0 aliphatic heterocycles. The highest BCUT2D eigenvalue weighted by molar-refractivity contribution is 7.11. The first kappa shape index (κ1) is 11.5. The minimum Gasteiger partial charge on any atom is -0.340 e. The van der Waals surface area contributed by atoms with Gasteiger partial charge in [0.1, 0.15) is 0 Å². The van der Waals surface area contributed by atoms with Gasteiger partial charge in [0.2, 0.25) is 5.91 Å². The van der Waals surface area contributed by atoms with Gasteiger partial charge in [-0.15, -0.1) is 11.3 Å². The number of hydrogen-bond acceptors (Lipinski definition) is 4. The molecule has 0 saturated heterocycles. The van der Waals surface area contributed by atoms with Crippen LogP contribution < -0.4 is 5.73 Å². The van der Waals surface area contributed by atoms with Crippen molar-refractivity contribution in [1.29, 1.82) is 0 Å². The van der Waals surface area contributed by atoms with Gasteiger partial charge in [-0.25, -0.2) is 4.98 Å². The standard InChI is InChI=1S/C11H17N3OS/c1-8-13-5-9(16-8)6-14(2)10(15)11(7-12)3-4-11/h5H,3-4,6-7,12H2,1-2H3. The Hall–Kier alpha value is -0.940. The van der Waals surface area contributed by atoms with E-state index in [1.165, 1.54) is 0 Å². The van der Waals surface area contributed by atoms with Crippen molar-refractivity contribution in [2.45, 2.75) is 26.3 Å². The largest absolute Gasteiger partial charge is 0.340 e. The Kier molecular flexibility index (Phi) is 2.99. The van der Waals surface area contributed by atoms with Crippen LogP contribution in [-0.4, -0.2) is 29.4 Å². The molecule has 1 saturated carbocycles. The highest BCUT2D eigenvalue weighted by Crippen LogP contribution is 2.46. The Balaban J connectivity index is 1.98. The van der Waals surface area contributed by atoms with E-state index in [9.17, 15) is 4.79 Å². The van der Waals surface area contributed by atoms with Crippen LogP contribution in [0.2, 0.25) is 0 Å². The Morgan fingerprint density at radius 2 is 2.38 bits per heavy atom. The van der Waals surface area contributed by atoms with Crippen molar-refractivity contribution in [3.8, 4) is 0 Å². The molecular weight excluding hydrogens is 222 g/mol. The normalized spacial score (nSPS) is 17.2. The fourth-order valence-electron chi connectivity index (χ4n) is 1.85. The summed E-state index contributed by atoms with van der Waals surface area (Å²) < 4.78 is 0. The van der Waals surface area contributed by atoms with Gasteiger partial charge in [0.05, 0.1) is 17.0 Å². The Bertz CT molecular complexity index is 398. The second kappa shape index (κ2) is 4.14. The third-order valence-electron chi connectivity index (χ3n) is 3.11. The van der Waals surface area contributed by atoms with Crippen molar-refractivity contribution < 1.29 is 4.79 Å². The molecule has 88 valence electrons. The fourth-order valence-corrected chi connectivity index (χ4v) is 2.69. The molecule has 0 atom stereocenters. The number of rotatable bonds is 4. The lowest BCUT2D eigenvalue weighted by molar-refractivity contribution is -0.135. The quantitative estimate of drug-likeness (QED) is 0.857. The lowest BCUT2D eigenvalue weighted by Gasteiger charge is -2.21. The predicted molar refractivity (Wildman–Crippen MR) is 64.0 cm³/mol. The number of nitrogens with two attached hydrogens (primary N) is 1. The van der Waals surface area contributed by atoms with Crippen molar-refractivity contribution >= 4 is 17.2 Å². The molecule has 1 aromatic rings. The minimum atomic E-state index is -0.242. The summed E-state index contributed by atoms with van der Waals surface area (Å²) >= 11 is 1.64. The third-order valence-corrected chi connectivity index (χ3v) is 4.00. The van der Waals surface area contributed by atoms with Gasteiger partial charge in [-0.05, 0) is 19.8 Å². The number of aryl methyl sites for hydroxylation is 1. The van der Waals surface area contributed by atoms with Gasteiger partial charge in [0, 0.05) is 24.7 Å². The molecule has 4 nitrogen and oxygen atoms in total. The molecule has 1 aliphatic carbocycles. The summed E-state index contributed by atoms with van der Waals surface area (Å²) in [5.41, 5.74) is 5.41. The minimum absolute atomic E-state index is 0.182. The molecule has 0 spiro atoms. The molecule has 2 rings (SSSR count). The van der Waals surface area contributed by atoms with E-state index in [0.717, 1.165) is 22.7 Å². The monoisotopic (exact) mass is 239 g/mol. The zero-order chi connectivity index (χ0) is 11.8. The molecule has 1 amide bonds. The summed E-state index contributed by atoms with van der Waals surface area (Å²) in [6, 6.07) is 0. The van der Waals surface area contributed by atoms with E-state index in [1.807, 2.05) is 20.2 Å². The van der Waals surface area contributed by atoms with Crippen LogP contribution >= 0.6 is 11.3 Å². The smallest absolute Gasteiger partial charge is 0.230 e. The zero-order valence-corrected chi connectivity index (χ0v) is 10.5. The number of aromatic nitrogens is 1. The molecule has 1 aromatic heterocycles. The number of thiazole rings is 1. The SMILES string of the molecule is Cc1ncc(CN(C)C(=O)C2(CN)CC2)s1. The first-order valence-corrected chi connectivity index (χ1v) is 6.26. The Morgan fingerprint density at radius 3 is 2.81 bits per heavy atom. The predicted octanol–water partition coefficient (Wildman–Crippen LogP) is 1.15. The number of carbonyl (C=O) groups excluding carboxylic acids is 1. The van der Waals surface area contributed by atoms with Crippen LogP contribution in [0.3, 0.4) is 0 Å². The first-order chi connectivity index (χ1) is 7.57. The van der Waals surface area contributed by atoms with Crippen molar-refractivity contribution in [3.63, 3.8) is 0 Å². The van der Waals surface area contributed by atoms with E-state index in [4.69, 9.17) is 5.73 Å². The summed E-state index contributed by atoms with van der Waals surface area (Å²) in [5.74, 6) is 0.182. The second-order valence-corrected chi connectivity index (χ2v) is 5.81. The molecule has 1 aliphatic rings. The highest BCUT2D eigenvalue weighted by atomic mass is 32.1. The second-order valence-electron chi connectivity index (χ2n) is 4.49. The molecule has 2 N–H and O–H groups in total. The molecule has 0 unspecified atom stereocenters. The zero-order valence-electron chi connectivity index (χ0n) is 9.69. The molecule has 1 fully saturated rings. The van der Waals surface area contributed by atoms with Crippen LogP contribution in [0, 0.1) is 12.3 Å². The molecule has 5 heteroatoms. The van der Waals surface area contributed by atoms with Crippen LogP contribution in [0.25, 0.3) is 0 Å². The van der Waals surface area contributed by atoms with Gasteiger partial charge < -0.3 is 10.6 Å². The fraction of sp³-hybridized carbons (Fsp3) is 0.636. The topological polar surface area (TPSA) is 59.2 Å². The van der Waals surface area contributed by atoms with E-state index in [-0.39, 0.29) is 11.3 Å². The van der Waals surface area contributed by atoms with E-state index < -0.39 is 0 Å². The van der Waals surface area contributed by atoms with Gasteiger partial charge >= 0.3 is 0 Å². The third kappa shape index (κ3) is 2.10. The van der Waals surface area contributed by atoms with Crippen LogP contribution in [0.4, 0.5) is 0 Å². The van der Waals surface area contributed by atoms with Gasteiger partial charge in [-0.3, -0.25) is 4.79 Å². The first-order valence-electron chi connectivity index (χ1n) is 5.44. The van der Waals surface area contributed by atoms with E-state index >= 15 is 0 Å². The maximum Gasteiger partial charge on any atom is 0.230 e. The molecule has 0 radical (unpaired) electrons. The Morgan fingerprint density at radius 1 is 1.69 bits per heavy atom.